The van der Waals surface area contributed by atoms with Gasteiger partial charge in [0.1, 0.15) is 0 Å². The second kappa shape index (κ2) is 7.77. The summed E-state index contributed by atoms with van der Waals surface area (Å²) in [4.78, 5) is 30.9. The van der Waals surface area contributed by atoms with Gasteiger partial charge in [-0.3, -0.25) is 9.69 Å². The Morgan fingerprint density at radius 3 is 2.79 bits per heavy atom. The maximum Gasteiger partial charge on any atom is 0.331 e. The maximum absolute atomic E-state index is 12.9. The van der Waals surface area contributed by atoms with Crippen LogP contribution >= 0.6 is 11.8 Å². The van der Waals surface area contributed by atoms with Crippen LogP contribution in [-0.2, 0) is 20.9 Å². The molecule has 28 heavy (non-hydrogen) atoms. The average Bonchev–Trinajstić information content (AvgIpc) is 3.28. The fraction of sp³-hybridized carbons (Fsp3) is 0.150. The van der Waals surface area contributed by atoms with Gasteiger partial charge in [0.05, 0.1) is 24.2 Å². The van der Waals surface area contributed by atoms with Gasteiger partial charge in [-0.25, -0.2) is 9.79 Å². The Hall–Kier alpha value is -3.26. The number of methoxy groups -OCH3 is 1. The largest absolute Gasteiger partial charge is 0.466 e. The molecule has 1 saturated heterocycles. The summed E-state index contributed by atoms with van der Waals surface area (Å²) in [6.45, 7) is 0.469. The Morgan fingerprint density at radius 2 is 2.00 bits per heavy atom. The van der Waals surface area contributed by atoms with Crippen molar-refractivity contribution in [2.75, 3.05) is 13.9 Å². The van der Waals surface area contributed by atoms with E-state index in [9.17, 15) is 9.59 Å². The number of fused-ring (bicyclic) bond motifs is 1. The number of nitrogens with zero attached hydrogens (tertiary/aromatic N) is 2. The van der Waals surface area contributed by atoms with Crippen LogP contribution < -0.4 is 9.47 Å². The predicted molar refractivity (Wildman–Crippen MR) is 104 cm³/mol. The molecule has 1 fully saturated rings. The van der Waals surface area contributed by atoms with Crippen molar-refractivity contribution in [1.82, 2.24) is 4.90 Å². The number of thioether (sulfide) groups is 1. The van der Waals surface area contributed by atoms with Gasteiger partial charge in [0.2, 0.25) is 6.79 Å². The first-order chi connectivity index (χ1) is 13.6. The van der Waals surface area contributed by atoms with Crippen LogP contribution in [0.15, 0.2) is 64.5 Å². The first kappa shape index (κ1) is 18.1. The molecular formula is C20H16N2O5S. The Kier molecular flexibility index (Phi) is 5.03. The normalized spacial score (nSPS) is 18.2. The summed E-state index contributed by atoms with van der Waals surface area (Å²) in [6, 6.07) is 14.8. The van der Waals surface area contributed by atoms with E-state index in [1.807, 2.05) is 48.5 Å². The van der Waals surface area contributed by atoms with Crippen LogP contribution in [0.3, 0.4) is 0 Å². The zero-order valence-corrected chi connectivity index (χ0v) is 15.8. The average molecular weight is 396 g/mol. The van der Waals surface area contributed by atoms with E-state index in [2.05, 4.69) is 9.73 Å². The summed E-state index contributed by atoms with van der Waals surface area (Å²) < 4.78 is 15.4. The Labute approximate surface area is 165 Å². The minimum Gasteiger partial charge on any atom is -0.466 e. The molecule has 2 aliphatic heterocycles. The number of benzene rings is 2. The Balaban J connectivity index is 1.66. The summed E-state index contributed by atoms with van der Waals surface area (Å²) in [6.07, 6.45) is 1.19. The molecule has 0 aromatic heterocycles. The Bertz CT molecular complexity index is 987. The number of esters is 1. The number of amides is 1. The van der Waals surface area contributed by atoms with E-state index < -0.39 is 5.97 Å². The zero-order chi connectivity index (χ0) is 19.5. The molecule has 0 bridgehead atoms. The summed E-state index contributed by atoms with van der Waals surface area (Å²) in [5.41, 5.74) is 1.58. The fourth-order valence-corrected chi connectivity index (χ4v) is 3.69. The molecule has 7 nitrogen and oxygen atoms in total. The quantitative estimate of drug-likeness (QED) is 0.583. The highest BCUT2D eigenvalue weighted by molar-refractivity contribution is 8.18. The van der Waals surface area contributed by atoms with Crippen LogP contribution in [0.25, 0.3) is 0 Å². The molecule has 2 heterocycles. The van der Waals surface area contributed by atoms with E-state index in [4.69, 9.17) is 9.47 Å². The van der Waals surface area contributed by atoms with Crippen LogP contribution in [0, 0.1) is 0 Å². The lowest BCUT2D eigenvalue weighted by Gasteiger charge is -2.16. The van der Waals surface area contributed by atoms with Gasteiger partial charge >= 0.3 is 5.97 Å². The first-order valence-corrected chi connectivity index (χ1v) is 9.27. The fourth-order valence-electron chi connectivity index (χ4n) is 2.73. The molecule has 0 saturated carbocycles. The summed E-state index contributed by atoms with van der Waals surface area (Å²) in [5, 5.41) is 0.490. The van der Waals surface area contributed by atoms with Crippen molar-refractivity contribution < 1.29 is 23.8 Å². The molecular weight excluding hydrogens is 380 g/mol. The number of carbonyl (C=O) groups excluding carboxylic acids is 2. The smallest absolute Gasteiger partial charge is 0.331 e. The second-order valence-electron chi connectivity index (χ2n) is 5.94. The molecule has 4 rings (SSSR count). The van der Waals surface area contributed by atoms with Crippen molar-refractivity contribution in [3.05, 3.63) is 65.1 Å². The number of hydrogen-bond acceptors (Lipinski definition) is 7. The van der Waals surface area contributed by atoms with Crippen LogP contribution in [0.2, 0.25) is 0 Å². The molecule has 2 aliphatic rings. The van der Waals surface area contributed by atoms with E-state index in [0.717, 1.165) is 17.3 Å². The SMILES string of the molecule is COC(=O)C=C1SC(=Nc2ccccc2)N(Cc2ccc3c(c2)OCO3)C1=O. The van der Waals surface area contributed by atoms with E-state index in [-0.39, 0.29) is 24.2 Å². The van der Waals surface area contributed by atoms with Crippen molar-refractivity contribution in [3.63, 3.8) is 0 Å². The molecule has 2 aromatic carbocycles. The summed E-state index contributed by atoms with van der Waals surface area (Å²) in [5.74, 6) is 0.432. The van der Waals surface area contributed by atoms with Crippen LogP contribution in [0.4, 0.5) is 5.69 Å². The van der Waals surface area contributed by atoms with Crippen LogP contribution in [0.1, 0.15) is 5.56 Å². The van der Waals surface area contributed by atoms with Crippen molar-refractivity contribution in [1.29, 1.82) is 0 Å². The van der Waals surface area contributed by atoms with Crippen LogP contribution in [-0.4, -0.2) is 35.8 Å². The molecule has 0 aliphatic carbocycles. The van der Waals surface area contributed by atoms with Crippen LogP contribution in [0.5, 0.6) is 11.5 Å². The third-order valence-electron chi connectivity index (χ3n) is 4.10. The van der Waals surface area contributed by atoms with Gasteiger partial charge in [0, 0.05) is 6.08 Å². The molecule has 8 heteroatoms. The summed E-state index contributed by atoms with van der Waals surface area (Å²) in [7, 11) is 1.27. The number of amidine groups is 1. The third kappa shape index (κ3) is 3.72. The van der Waals surface area contributed by atoms with Gasteiger partial charge < -0.3 is 14.2 Å². The minimum absolute atomic E-state index is 0.185. The predicted octanol–water partition coefficient (Wildman–Crippen LogP) is 3.24. The van der Waals surface area contributed by atoms with Crippen molar-refractivity contribution in [2.45, 2.75) is 6.54 Å². The van der Waals surface area contributed by atoms with Crippen molar-refractivity contribution >= 4 is 34.5 Å². The first-order valence-electron chi connectivity index (χ1n) is 8.45. The van der Waals surface area contributed by atoms with E-state index in [0.29, 0.717) is 22.4 Å². The second-order valence-corrected chi connectivity index (χ2v) is 6.95. The van der Waals surface area contributed by atoms with Gasteiger partial charge in [-0.2, -0.15) is 0 Å². The van der Waals surface area contributed by atoms with Gasteiger partial charge in [0.15, 0.2) is 16.7 Å². The van der Waals surface area contributed by atoms with Gasteiger partial charge in [0.25, 0.3) is 5.91 Å². The molecule has 0 atom stereocenters. The zero-order valence-electron chi connectivity index (χ0n) is 15.0. The molecule has 142 valence electrons. The number of aliphatic imine (C=N–C) groups is 1. The standard InChI is InChI=1S/C20H16N2O5S/c1-25-18(23)10-17-19(24)22(20(28-17)21-14-5-3-2-4-6-14)11-13-7-8-15-16(9-13)27-12-26-15/h2-10H,11-12H2,1H3. The number of para-hydroxylation sites is 1. The molecule has 0 radical (unpaired) electrons. The lowest BCUT2D eigenvalue weighted by Crippen LogP contribution is -2.28. The number of ether oxygens (including phenoxy) is 3. The van der Waals surface area contributed by atoms with Gasteiger partial charge in [-0.05, 0) is 41.6 Å². The molecule has 0 unspecified atom stereocenters. The molecule has 0 spiro atoms. The van der Waals surface area contributed by atoms with Gasteiger partial charge in [-0.1, -0.05) is 24.3 Å². The molecule has 0 N–H and O–H groups in total. The number of rotatable bonds is 4. The highest BCUT2D eigenvalue weighted by Gasteiger charge is 2.34. The maximum atomic E-state index is 12.9. The number of carbonyl (C=O) groups is 2. The van der Waals surface area contributed by atoms with E-state index >= 15 is 0 Å². The van der Waals surface area contributed by atoms with Crippen molar-refractivity contribution in [2.24, 2.45) is 4.99 Å². The molecule has 1 amide bonds. The minimum atomic E-state index is -0.583. The van der Waals surface area contributed by atoms with E-state index in [1.165, 1.54) is 18.1 Å². The third-order valence-corrected chi connectivity index (χ3v) is 5.10. The van der Waals surface area contributed by atoms with Crippen molar-refractivity contribution in [3.8, 4) is 11.5 Å². The topological polar surface area (TPSA) is 77.4 Å². The highest BCUT2D eigenvalue weighted by Crippen LogP contribution is 2.36. The molecule has 2 aromatic rings. The lowest BCUT2D eigenvalue weighted by atomic mass is 10.2. The highest BCUT2D eigenvalue weighted by atomic mass is 32.2. The van der Waals surface area contributed by atoms with Gasteiger partial charge in [-0.15, -0.1) is 0 Å². The lowest BCUT2D eigenvalue weighted by molar-refractivity contribution is -0.135. The Morgan fingerprint density at radius 1 is 1.21 bits per heavy atom. The summed E-state index contributed by atoms with van der Waals surface area (Å²) >= 11 is 1.14. The number of hydrogen-bond donors (Lipinski definition) is 0. The monoisotopic (exact) mass is 396 g/mol. The van der Waals surface area contributed by atoms with E-state index in [1.54, 1.807) is 0 Å².